The first kappa shape index (κ1) is 12.3. The lowest BCUT2D eigenvalue weighted by molar-refractivity contribution is 0.0972. The Morgan fingerprint density at radius 3 is 3.00 bits per heavy atom. The maximum absolute atomic E-state index is 12.1. The molecule has 3 aromatic rings. The predicted octanol–water partition coefficient (Wildman–Crippen LogP) is 3.85. The second-order valence-corrected chi connectivity index (χ2v) is 5.63. The molecule has 21 heavy (non-hydrogen) atoms. The van der Waals surface area contributed by atoms with Crippen molar-refractivity contribution in [1.29, 1.82) is 0 Å². The van der Waals surface area contributed by atoms with E-state index in [0.29, 0.717) is 6.42 Å². The number of rotatable bonds is 1. The van der Waals surface area contributed by atoms with Crippen LogP contribution >= 0.6 is 0 Å². The molecule has 1 aliphatic carbocycles. The Hall–Kier alpha value is -2.42. The summed E-state index contributed by atoms with van der Waals surface area (Å²) < 4.78 is 2.24. The van der Waals surface area contributed by atoms with Crippen molar-refractivity contribution in [2.24, 2.45) is 0 Å². The van der Waals surface area contributed by atoms with Gasteiger partial charge in [0.2, 0.25) is 0 Å². The van der Waals surface area contributed by atoms with E-state index in [2.05, 4.69) is 34.7 Å². The van der Waals surface area contributed by atoms with Gasteiger partial charge in [-0.1, -0.05) is 12.1 Å². The highest BCUT2D eigenvalue weighted by Crippen LogP contribution is 2.31. The minimum atomic E-state index is 0.278. The van der Waals surface area contributed by atoms with Gasteiger partial charge in [-0.05, 0) is 38.0 Å². The van der Waals surface area contributed by atoms with Gasteiger partial charge in [0, 0.05) is 46.5 Å². The van der Waals surface area contributed by atoms with E-state index < -0.39 is 0 Å². The second kappa shape index (κ2) is 4.55. The van der Waals surface area contributed by atoms with Crippen LogP contribution in [0.5, 0.6) is 0 Å². The Labute approximate surface area is 123 Å². The molecule has 3 heteroatoms. The fourth-order valence-corrected chi connectivity index (χ4v) is 3.36. The third-order valence-electron chi connectivity index (χ3n) is 4.30. The molecule has 0 spiro atoms. The molecular weight excluding hydrogens is 260 g/mol. The van der Waals surface area contributed by atoms with Crippen molar-refractivity contribution >= 4 is 16.6 Å². The zero-order valence-corrected chi connectivity index (χ0v) is 12.0. The molecule has 2 heterocycles. The molecule has 0 amide bonds. The highest BCUT2D eigenvalue weighted by Gasteiger charge is 2.23. The highest BCUT2D eigenvalue weighted by atomic mass is 16.1. The molecule has 1 aromatic carbocycles. The van der Waals surface area contributed by atoms with Gasteiger partial charge >= 0.3 is 0 Å². The lowest BCUT2D eigenvalue weighted by Gasteiger charge is -2.17. The zero-order chi connectivity index (χ0) is 14.4. The smallest absolute Gasteiger partial charge is 0.164 e. The fraction of sp³-hybridized carbons (Fsp3) is 0.222. The molecule has 2 aromatic heterocycles. The monoisotopic (exact) mass is 276 g/mol. The van der Waals surface area contributed by atoms with E-state index in [9.17, 15) is 4.79 Å². The number of aromatic nitrogens is 2. The topological polar surface area (TPSA) is 34.9 Å². The molecule has 0 saturated carbocycles. The van der Waals surface area contributed by atoms with Crippen molar-refractivity contribution in [2.45, 2.75) is 26.2 Å². The van der Waals surface area contributed by atoms with Crippen LogP contribution in [0.3, 0.4) is 0 Å². The van der Waals surface area contributed by atoms with Gasteiger partial charge in [-0.25, -0.2) is 0 Å². The lowest BCUT2D eigenvalue weighted by Crippen LogP contribution is -2.12. The first-order chi connectivity index (χ1) is 10.3. The van der Waals surface area contributed by atoms with E-state index in [0.717, 1.165) is 40.9 Å². The summed E-state index contributed by atoms with van der Waals surface area (Å²) in [7, 11) is 0. The van der Waals surface area contributed by atoms with Gasteiger partial charge < -0.3 is 4.57 Å². The summed E-state index contributed by atoms with van der Waals surface area (Å²) in [5, 5.41) is 2.30. The molecule has 0 N–H and O–H groups in total. The van der Waals surface area contributed by atoms with E-state index in [1.807, 2.05) is 24.5 Å². The summed E-state index contributed by atoms with van der Waals surface area (Å²) >= 11 is 0. The fourth-order valence-electron chi connectivity index (χ4n) is 3.36. The second-order valence-electron chi connectivity index (χ2n) is 5.63. The molecule has 0 fully saturated rings. The average molecular weight is 276 g/mol. The maximum Gasteiger partial charge on any atom is 0.164 e. The van der Waals surface area contributed by atoms with Crippen molar-refractivity contribution in [3.63, 3.8) is 0 Å². The number of fused-ring (bicyclic) bond motifs is 2. The Kier molecular flexibility index (Phi) is 2.67. The standard InChI is InChI=1S/C18H16N2O/c1-12-10-15-17(6-3-7-18(15)21)20(12)16-5-2-4-13-11-19-9-8-14(13)16/h2,4-5,8-11H,3,6-7H2,1H3. The van der Waals surface area contributed by atoms with Crippen LogP contribution in [0.1, 0.15) is 34.6 Å². The molecule has 0 atom stereocenters. The van der Waals surface area contributed by atoms with Gasteiger partial charge in [-0.15, -0.1) is 0 Å². The molecule has 104 valence electrons. The molecule has 0 bridgehead atoms. The largest absolute Gasteiger partial charge is 0.317 e. The third kappa shape index (κ3) is 1.81. The normalized spacial score (nSPS) is 14.4. The predicted molar refractivity (Wildman–Crippen MR) is 83.1 cm³/mol. The summed E-state index contributed by atoms with van der Waals surface area (Å²) in [6, 6.07) is 10.3. The minimum absolute atomic E-state index is 0.278. The van der Waals surface area contributed by atoms with Crippen LogP contribution in [0.4, 0.5) is 0 Å². The number of Topliss-reactive ketones (excluding diaryl/α,β-unsaturated/α-hetero) is 1. The first-order valence-electron chi connectivity index (χ1n) is 7.33. The van der Waals surface area contributed by atoms with E-state index in [-0.39, 0.29) is 5.78 Å². The molecular formula is C18H16N2O. The molecule has 0 aliphatic heterocycles. The Morgan fingerprint density at radius 1 is 1.19 bits per heavy atom. The molecule has 0 unspecified atom stereocenters. The summed E-state index contributed by atoms with van der Waals surface area (Å²) in [6.45, 7) is 2.08. The van der Waals surface area contributed by atoms with Crippen molar-refractivity contribution in [2.75, 3.05) is 0 Å². The number of aryl methyl sites for hydroxylation is 1. The van der Waals surface area contributed by atoms with Crippen LogP contribution in [-0.4, -0.2) is 15.3 Å². The van der Waals surface area contributed by atoms with E-state index >= 15 is 0 Å². The number of nitrogens with zero attached hydrogens (tertiary/aromatic N) is 2. The summed E-state index contributed by atoms with van der Waals surface area (Å²) in [5.41, 5.74) is 4.33. The van der Waals surface area contributed by atoms with Gasteiger partial charge in [-0.2, -0.15) is 0 Å². The number of benzene rings is 1. The number of ketones is 1. The van der Waals surface area contributed by atoms with Crippen molar-refractivity contribution in [1.82, 2.24) is 9.55 Å². The van der Waals surface area contributed by atoms with Gasteiger partial charge in [0.25, 0.3) is 0 Å². The Morgan fingerprint density at radius 2 is 2.10 bits per heavy atom. The number of carbonyl (C=O) groups is 1. The molecule has 0 radical (unpaired) electrons. The lowest BCUT2D eigenvalue weighted by atomic mass is 9.96. The minimum Gasteiger partial charge on any atom is -0.317 e. The van der Waals surface area contributed by atoms with Crippen molar-refractivity contribution < 1.29 is 4.79 Å². The molecule has 3 nitrogen and oxygen atoms in total. The number of pyridine rings is 1. The van der Waals surface area contributed by atoms with Crippen LogP contribution in [0.15, 0.2) is 42.7 Å². The number of hydrogen-bond acceptors (Lipinski definition) is 2. The summed E-state index contributed by atoms with van der Waals surface area (Å²) in [4.78, 5) is 16.3. The van der Waals surface area contributed by atoms with Crippen LogP contribution in [0.25, 0.3) is 16.5 Å². The van der Waals surface area contributed by atoms with Gasteiger partial charge in [0.1, 0.15) is 0 Å². The van der Waals surface area contributed by atoms with Crippen molar-refractivity contribution in [3.05, 3.63) is 59.7 Å². The molecule has 1 aliphatic rings. The quantitative estimate of drug-likeness (QED) is 0.676. The Balaban J connectivity index is 2.04. The maximum atomic E-state index is 12.1. The summed E-state index contributed by atoms with van der Waals surface area (Å²) in [6.07, 6.45) is 6.30. The average Bonchev–Trinajstić information content (AvgIpc) is 2.84. The third-order valence-corrected chi connectivity index (χ3v) is 4.30. The van der Waals surface area contributed by atoms with Gasteiger partial charge in [-0.3, -0.25) is 9.78 Å². The SMILES string of the molecule is Cc1cc2c(n1-c1cccc3cnccc13)CCCC2=O. The van der Waals surface area contributed by atoms with Gasteiger partial charge in [0.15, 0.2) is 5.78 Å². The molecule has 0 saturated heterocycles. The number of hydrogen-bond donors (Lipinski definition) is 0. The highest BCUT2D eigenvalue weighted by molar-refractivity contribution is 5.99. The van der Waals surface area contributed by atoms with Crippen LogP contribution in [0, 0.1) is 6.92 Å². The zero-order valence-electron chi connectivity index (χ0n) is 12.0. The van der Waals surface area contributed by atoms with E-state index in [1.54, 1.807) is 0 Å². The number of carbonyl (C=O) groups excluding carboxylic acids is 1. The Bertz CT molecular complexity index is 856. The summed E-state index contributed by atoms with van der Waals surface area (Å²) in [5.74, 6) is 0.278. The van der Waals surface area contributed by atoms with Crippen LogP contribution in [-0.2, 0) is 6.42 Å². The van der Waals surface area contributed by atoms with Crippen molar-refractivity contribution in [3.8, 4) is 5.69 Å². The molecule has 4 rings (SSSR count). The van der Waals surface area contributed by atoms with Crippen LogP contribution < -0.4 is 0 Å². The van der Waals surface area contributed by atoms with Crippen LogP contribution in [0.2, 0.25) is 0 Å². The van der Waals surface area contributed by atoms with E-state index in [4.69, 9.17) is 0 Å². The first-order valence-corrected chi connectivity index (χ1v) is 7.33. The van der Waals surface area contributed by atoms with E-state index in [1.165, 1.54) is 5.39 Å². The van der Waals surface area contributed by atoms with Gasteiger partial charge in [0.05, 0.1) is 5.69 Å².